The number of amides is 1. The molecule has 0 bridgehead atoms. The van der Waals surface area contributed by atoms with Crippen LogP contribution in [0.1, 0.15) is 40.1 Å². The van der Waals surface area contributed by atoms with E-state index in [0.29, 0.717) is 19.4 Å². The second-order valence-corrected chi connectivity index (χ2v) is 5.90. The predicted molar refractivity (Wildman–Crippen MR) is 95.5 cm³/mol. The quantitative estimate of drug-likeness (QED) is 0.649. The normalized spacial score (nSPS) is 11.9. The van der Waals surface area contributed by atoms with Crippen molar-refractivity contribution >= 4 is 5.91 Å². The third kappa shape index (κ3) is 4.70. The number of aromatic nitrogens is 1. The summed E-state index contributed by atoms with van der Waals surface area (Å²) in [5.41, 5.74) is 7.25. The Morgan fingerprint density at radius 1 is 1.12 bits per heavy atom. The Morgan fingerprint density at radius 2 is 1.81 bits per heavy atom. The van der Waals surface area contributed by atoms with Crippen LogP contribution in [0.3, 0.4) is 0 Å². The number of oxazole rings is 1. The molecule has 0 aliphatic heterocycles. The number of hydrogen-bond donors (Lipinski definition) is 2. The second-order valence-electron chi connectivity index (χ2n) is 5.90. The number of aliphatic hydroxyl groups excluding tert-OH is 1. The van der Waals surface area contributed by atoms with E-state index in [2.05, 4.69) is 4.98 Å². The van der Waals surface area contributed by atoms with Crippen LogP contribution in [0.2, 0.25) is 0 Å². The molecule has 1 heterocycles. The number of aryl methyl sites for hydroxylation is 1. The van der Waals surface area contributed by atoms with Gasteiger partial charge in [-0.15, -0.1) is 0 Å². The molecule has 6 heteroatoms. The highest BCUT2D eigenvalue weighted by molar-refractivity contribution is 5.89. The maximum absolute atomic E-state index is 11.0. The van der Waals surface area contributed by atoms with Crippen LogP contribution in [0.25, 0.3) is 0 Å². The van der Waals surface area contributed by atoms with Crippen LogP contribution in [-0.4, -0.2) is 16.0 Å². The molecule has 1 atom stereocenters. The van der Waals surface area contributed by atoms with E-state index in [-0.39, 0.29) is 11.7 Å². The summed E-state index contributed by atoms with van der Waals surface area (Å²) in [6, 6.07) is 17.7. The molecule has 0 fully saturated rings. The summed E-state index contributed by atoms with van der Waals surface area (Å²) in [5, 5.41) is 10.1. The third-order valence-electron chi connectivity index (χ3n) is 3.93. The highest BCUT2D eigenvalue weighted by Crippen LogP contribution is 2.19. The molecule has 0 saturated carbocycles. The zero-order valence-corrected chi connectivity index (χ0v) is 14.2. The summed E-state index contributed by atoms with van der Waals surface area (Å²) in [6.45, 7) is 0.499. The maximum atomic E-state index is 11.0. The van der Waals surface area contributed by atoms with E-state index >= 15 is 0 Å². The lowest BCUT2D eigenvalue weighted by molar-refractivity contribution is 0.0954. The summed E-state index contributed by atoms with van der Waals surface area (Å²) in [6.07, 6.45) is 1.42. The summed E-state index contributed by atoms with van der Waals surface area (Å²) < 4.78 is 10.8. The minimum Gasteiger partial charge on any atom is -0.489 e. The number of benzene rings is 2. The standard InChI is InChI=1S/C20H20N2O4/c21-19(24)18-12-22-20(26-18)17(23)11-10-14-6-8-15(9-7-14)13-25-16-4-2-1-3-5-16/h1-9,12,17,23H,10-11,13H2,(H2,21,24). The van der Waals surface area contributed by atoms with E-state index in [1.54, 1.807) is 0 Å². The second kappa shape index (κ2) is 8.31. The Kier molecular flexibility index (Phi) is 5.66. The molecule has 0 spiro atoms. The number of nitrogens with zero attached hydrogens (tertiary/aromatic N) is 1. The van der Waals surface area contributed by atoms with Gasteiger partial charge in [0.1, 0.15) is 18.5 Å². The van der Waals surface area contributed by atoms with Crippen molar-refractivity contribution in [3.05, 3.63) is 83.6 Å². The number of primary amides is 1. The summed E-state index contributed by atoms with van der Waals surface area (Å²) in [7, 11) is 0. The molecular weight excluding hydrogens is 332 g/mol. The minimum atomic E-state index is -0.885. The Labute approximate surface area is 151 Å². The number of aliphatic hydroxyl groups is 1. The molecule has 0 aliphatic carbocycles. The Hall–Kier alpha value is -3.12. The molecule has 0 aliphatic rings. The van der Waals surface area contributed by atoms with Gasteiger partial charge in [-0.2, -0.15) is 0 Å². The lowest BCUT2D eigenvalue weighted by Gasteiger charge is -2.09. The summed E-state index contributed by atoms with van der Waals surface area (Å²) in [4.78, 5) is 14.9. The van der Waals surface area contributed by atoms with Crippen LogP contribution in [-0.2, 0) is 13.0 Å². The van der Waals surface area contributed by atoms with Crippen LogP contribution in [0, 0.1) is 0 Å². The molecule has 134 valence electrons. The first-order chi connectivity index (χ1) is 12.6. The first-order valence-electron chi connectivity index (χ1n) is 8.31. The fourth-order valence-electron chi connectivity index (χ4n) is 2.47. The highest BCUT2D eigenvalue weighted by Gasteiger charge is 2.16. The minimum absolute atomic E-state index is 0.0539. The van der Waals surface area contributed by atoms with Crippen molar-refractivity contribution in [2.45, 2.75) is 25.6 Å². The van der Waals surface area contributed by atoms with Gasteiger partial charge in [-0.25, -0.2) is 4.98 Å². The molecule has 6 nitrogen and oxygen atoms in total. The lowest BCUT2D eigenvalue weighted by Crippen LogP contribution is -2.09. The number of rotatable bonds is 8. The molecule has 26 heavy (non-hydrogen) atoms. The van der Waals surface area contributed by atoms with E-state index in [1.807, 2.05) is 54.6 Å². The van der Waals surface area contributed by atoms with Crippen molar-refractivity contribution in [3.63, 3.8) is 0 Å². The monoisotopic (exact) mass is 352 g/mol. The molecule has 3 rings (SSSR count). The first-order valence-corrected chi connectivity index (χ1v) is 8.31. The van der Waals surface area contributed by atoms with Crippen LogP contribution < -0.4 is 10.5 Å². The molecular formula is C20H20N2O4. The summed E-state index contributed by atoms with van der Waals surface area (Å²) in [5.74, 6) is 0.179. The highest BCUT2D eigenvalue weighted by atomic mass is 16.5. The molecule has 1 amide bonds. The molecule has 0 saturated heterocycles. The lowest BCUT2D eigenvalue weighted by atomic mass is 10.1. The molecule has 1 aromatic heterocycles. The van der Waals surface area contributed by atoms with Gasteiger partial charge in [0.2, 0.25) is 11.7 Å². The Bertz CT molecular complexity index is 844. The Morgan fingerprint density at radius 3 is 2.46 bits per heavy atom. The predicted octanol–water partition coefficient (Wildman–Crippen LogP) is 3.02. The van der Waals surface area contributed by atoms with Crippen molar-refractivity contribution in [1.82, 2.24) is 4.98 Å². The van der Waals surface area contributed by atoms with Crippen LogP contribution in [0.4, 0.5) is 0 Å². The summed E-state index contributed by atoms with van der Waals surface area (Å²) >= 11 is 0. The fourth-order valence-corrected chi connectivity index (χ4v) is 2.47. The molecule has 0 radical (unpaired) electrons. The van der Waals surface area contributed by atoms with Crippen LogP contribution in [0.5, 0.6) is 5.75 Å². The number of hydrogen-bond acceptors (Lipinski definition) is 5. The van der Waals surface area contributed by atoms with Crippen molar-refractivity contribution < 1.29 is 19.1 Å². The average Bonchev–Trinajstić information content (AvgIpc) is 3.17. The fraction of sp³-hybridized carbons (Fsp3) is 0.200. The van der Waals surface area contributed by atoms with Gasteiger partial charge >= 0.3 is 0 Å². The van der Waals surface area contributed by atoms with Gasteiger partial charge in [-0.05, 0) is 36.1 Å². The van der Waals surface area contributed by atoms with E-state index in [9.17, 15) is 9.90 Å². The number of ether oxygens (including phenoxy) is 1. The zero-order valence-electron chi connectivity index (χ0n) is 14.2. The molecule has 1 unspecified atom stereocenters. The van der Waals surface area contributed by atoms with Crippen molar-refractivity contribution in [2.75, 3.05) is 0 Å². The van der Waals surface area contributed by atoms with Gasteiger partial charge in [-0.1, -0.05) is 42.5 Å². The van der Waals surface area contributed by atoms with Crippen molar-refractivity contribution in [1.29, 1.82) is 0 Å². The topological polar surface area (TPSA) is 98.6 Å². The van der Waals surface area contributed by atoms with Gasteiger partial charge < -0.3 is 20.0 Å². The number of carbonyl (C=O) groups is 1. The number of para-hydroxylation sites is 1. The maximum Gasteiger partial charge on any atom is 0.286 e. The third-order valence-corrected chi connectivity index (χ3v) is 3.93. The van der Waals surface area contributed by atoms with E-state index in [1.165, 1.54) is 6.20 Å². The van der Waals surface area contributed by atoms with E-state index < -0.39 is 12.0 Å². The Balaban J connectivity index is 1.49. The van der Waals surface area contributed by atoms with Crippen molar-refractivity contribution in [2.24, 2.45) is 5.73 Å². The first kappa shape index (κ1) is 17.7. The molecule has 3 N–H and O–H groups in total. The molecule has 2 aromatic carbocycles. The van der Waals surface area contributed by atoms with Crippen molar-refractivity contribution in [3.8, 4) is 5.75 Å². The van der Waals surface area contributed by atoms with Crippen LogP contribution in [0.15, 0.2) is 65.2 Å². The van der Waals surface area contributed by atoms with Gasteiger partial charge in [0.15, 0.2) is 0 Å². The zero-order chi connectivity index (χ0) is 18.4. The van der Waals surface area contributed by atoms with E-state index in [0.717, 1.165) is 16.9 Å². The number of nitrogens with two attached hydrogens (primary N) is 1. The van der Waals surface area contributed by atoms with Crippen LogP contribution >= 0.6 is 0 Å². The van der Waals surface area contributed by atoms with E-state index in [4.69, 9.17) is 14.9 Å². The van der Waals surface area contributed by atoms with Gasteiger partial charge in [0.25, 0.3) is 5.91 Å². The molecule has 3 aromatic rings. The van der Waals surface area contributed by atoms with Gasteiger partial charge in [0, 0.05) is 0 Å². The van der Waals surface area contributed by atoms with Gasteiger partial charge in [0.05, 0.1) is 6.20 Å². The number of carbonyl (C=O) groups excluding carboxylic acids is 1. The van der Waals surface area contributed by atoms with Gasteiger partial charge in [-0.3, -0.25) is 4.79 Å². The smallest absolute Gasteiger partial charge is 0.286 e. The average molecular weight is 352 g/mol. The largest absolute Gasteiger partial charge is 0.489 e. The SMILES string of the molecule is NC(=O)c1cnc(C(O)CCc2ccc(COc3ccccc3)cc2)o1.